The third-order valence-corrected chi connectivity index (χ3v) is 4.87. The highest BCUT2D eigenvalue weighted by Gasteiger charge is 2.29. The highest BCUT2D eigenvalue weighted by molar-refractivity contribution is 14.1. The summed E-state index contributed by atoms with van der Waals surface area (Å²) in [5.41, 5.74) is 6.26. The molecule has 0 atom stereocenters. The Hall–Kier alpha value is -0.960. The molecule has 0 aromatic heterocycles. The van der Waals surface area contributed by atoms with E-state index in [1.54, 1.807) is 22.6 Å². The first-order valence-electron chi connectivity index (χ1n) is 7.09. The Morgan fingerprint density at radius 3 is 2.57 bits per heavy atom. The number of nitro benzene ring substituents is 1. The Morgan fingerprint density at radius 1 is 1.43 bits per heavy atom. The van der Waals surface area contributed by atoms with E-state index < -0.39 is 10.7 Å². The normalized spacial score (nSPS) is 22.1. The van der Waals surface area contributed by atoms with Gasteiger partial charge in [-0.3, -0.25) is 10.1 Å². The van der Waals surface area contributed by atoms with Gasteiger partial charge < -0.3 is 10.6 Å². The van der Waals surface area contributed by atoms with Crippen LogP contribution in [0.25, 0.3) is 0 Å². The number of nitro groups is 1. The van der Waals surface area contributed by atoms with Crippen molar-refractivity contribution in [3.05, 3.63) is 31.6 Å². The summed E-state index contributed by atoms with van der Waals surface area (Å²) in [6, 6.07) is 3.00. The molecular formula is C14H19FIN3O2. The molecule has 0 heterocycles. The zero-order chi connectivity index (χ0) is 15.6. The minimum Gasteiger partial charge on any atom is -0.363 e. The highest BCUT2D eigenvalue weighted by atomic mass is 127. The molecule has 0 bridgehead atoms. The second-order valence-electron chi connectivity index (χ2n) is 5.37. The molecule has 2 N–H and O–H groups in total. The summed E-state index contributed by atoms with van der Waals surface area (Å²) >= 11 is 1.78. The van der Waals surface area contributed by atoms with Crippen LogP contribution >= 0.6 is 22.6 Å². The van der Waals surface area contributed by atoms with Gasteiger partial charge in [-0.1, -0.05) is 0 Å². The lowest BCUT2D eigenvalue weighted by atomic mass is 9.90. The SMILES string of the molecule is CCN(c1cc(F)c(I)cc1[N+](=O)[O-])C1CCC(N)CC1. The summed E-state index contributed by atoms with van der Waals surface area (Å²) in [5.74, 6) is -0.415. The molecule has 1 fully saturated rings. The molecule has 116 valence electrons. The van der Waals surface area contributed by atoms with E-state index >= 15 is 0 Å². The predicted molar refractivity (Wildman–Crippen MR) is 89.0 cm³/mol. The topological polar surface area (TPSA) is 72.4 Å². The molecule has 1 saturated carbocycles. The van der Waals surface area contributed by atoms with Crippen LogP contribution in [0.5, 0.6) is 0 Å². The second-order valence-corrected chi connectivity index (χ2v) is 6.53. The van der Waals surface area contributed by atoms with Crippen LogP contribution in [0.15, 0.2) is 12.1 Å². The Labute approximate surface area is 137 Å². The smallest absolute Gasteiger partial charge is 0.293 e. The molecular weight excluding hydrogens is 388 g/mol. The van der Waals surface area contributed by atoms with E-state index in [1.165, 1.54) is 12.1 Å². The van der Waals surface area contributed by atoms with Gasteiger partial charge in [-0.25, -0.2) is 4.39 Å². The molecule has 0 spiro atoms. The van der Waals surface area contributed by atoms with Gasteiger partial charge in [-0.2, -0.15) is 0 Å². The second kappa shape index (κ2) is 6.87. The van der Waals surface area contributed by atoms with Crippen LogP contribution in [0.1, 0.15) is 32.6 Å². The molecule has 0 amide bonds. The number of nitrogens with two attached hydrogens (primary N) is 1. The van der Waals surface area contributed by atoms with Gasteiger partial charge in [0.1, 0.15) is 11.5 Å². The Morgan fingerprint density at radius 2 is 2.05 bits per heavy atom. The van der Waals surface area contributed by atoms with Gasteiger partial charge in [0, 0.05) is 30.8 Å². The molecule has 0 aliphatic heterocycles. The molecule has 0 saturated heterocycles. The maximum atomic E-state index is 13.9. The first kappa shape index (κ1) is 16.4. The Bertz CT molecular complexity index is 533. The van der Waals surface area contributed by atoms with Crippen LogP contribution in [0.2, 0.25) is 0 Å². The van der Waals surface area contributed by atoms with Crippen molar-refractivity contribution in [2.45, 2.75) is 44.7 Å². The maximum Gasteiger partial charge on any atom is 0.293 e. The van der Waals surface area contributed by atoms with Crippen LogP contribution in [0.3, 0.4) is 0 Å². The minimum atomic E-state index is -0.436. The van der Waals surface area contributed by atoms with Gasteiger partial charge in [-0.15, -0.1) is 0 Å². The predicted octanol–water partition coefficient (Wildman–Crippen LogP) is 3.43. The van der Waals surface area contributed by atoms with E-state index in [2.05, 4.69) is 0 Å². The fourth-order valence-corrected chi connectivity index (χ4v) is 3.39. The standard InChI is InChI=1S/C14H19FIN3O2/c1-2-18(10-5-3-9(17)4-6-10)13-7-11(15)12(16)8-14(13)19(20)21/h7-10H,2-6,17H2,1H3. The minimum absolute atomic E-state index is 0.0301. The Balaban J connectivity index is 2.37. The van der Waals surface area contributed by atoms with Crippen molar-refractivity contribution in [2.75, 3.05) is 11.4 Å². The summed E-state index contributed by atoms with van der Waals surface area (Å²) < 4.78 is 14.1. The maximum absolute atomic E-state index is 13.9. The van der Waals surface area contributed by atoms with Gasteiger partial charge >= 0.3 is 0 Å². The molecule has 5 nitrogen and oxygen atoms in total. The average Bonchev–Trinajstić information content (AvgIpc) is 2.45. The van der Waals surface area contributed by atoms with Crippen LogP contribution in [0.4, 0.5) is 15.8 Å². The van der Waals surface area contributed by atoms with Gasteiger partial charge in [0.25, 0.3) is 5.69 Å². The lowest BCUT2D eigenvalue weighted by molar-refractivity contribution is -0.384. The Kier molecular flexibility index (Phi) is 5.37. The lowest BCUT2D eigenvalue weighted by Crippen LogP contribution is -2.41. The monoisotopic (exact) mass is 407 g/mol. The van der Waals surface area contributed by atoms with Crippen molar-refractivity contribution >= 4 is 34.0 Å². The fourth-order valence-electron chi connectivity index (χ4n) is 2.94. The molecule has 1 aliphatic rings. The van der Waals surface area contributed by atoms with Crippen LogP contribution in [-0.4, -0.2) is 23.6 Å². The number of rotatable bonds is 4. The van der Waals surface area contributed by atoms with E-state index in [4.69, 9.17) is 5.73 Å². The van der Waals surface area contributed by atoms with Gasteiger partial charge in [-0.05, 0) is 55.2 Å². The van der Waals surface area contributed by atoms with E-state index in [9.17, 15) is 14.5 Å². The first-order chi connectivity index (χ1) is 9.93. The molecule has 21 heavy (non-hydrogen) atoms. The zero-order valence-electron chi connectivity index (χ0n) is 11.9. The van der Waals surface area contributed by atoms with Crippen molar-refractivity contribution < 1.29 is 9.31 Å². The van der Waals surface area contributed by atoms with Gasteiger partial charge in [0.15, 0.2) is 0 Å². The van der Waals surface area contributed by atoms with Crippen LogP contribution in [-0.2, 0) is 0 Å². The zero-order valence-corrected chi connectivity index (χ0v) is 14.0. The lowest BCUT2D eigenvalue weighted by Gasteiger charge is -2.36. The van der Waals surface area contributed by atoms with Crippen molar-refractivity contribution in [3.8, 4) is 0 Å². The molecule has 7 heteroatoms. The third kappa shape index (κ3) is 3.63. The molecule has 1 aliphatic carbocycles. The van der Waals surface area contributed by atoms with E-state index in [1.807, 2.05) is 11.8 Å². The first-order valence-corrected chi connectivity index (χ1v) is 8.17. The molecule has 0 unspecified atom stereocenters. The molecule has 0 radical (unpaired) electrons. The van der Waals surface area contributed by atoms with Crippen LogP contribution < -0.4 is 10.6 Å². The van der Waals surface area contributed by atoms with Gasteiger partial charge in [0.05, 0.1) is 8.49 Å². The summed E-state index contributed by atoms with van der Waals surface area (Å²) in [6.07, 6.45) is 3.59. The molecule has 2 rings (SSSR count). The number of hydrogen-bond acceptors (Lipinski definition) is 4. The fraction of sp³-hybridized carbons (Fsp3) is 0.571. The van der Waals surface area contributed by atoms with Crippen LogP contribution in [0, 0.1) is 19.5 Å². The van der Waals surface area contributed by atoms with Crippen molar-refractivity contribution in [1.82, 2.24) is 0 Å². The summed E-state index contributed by atoms with van der Waals surface area (Å²) in [5, 5.41) is 11.3. The number of nitrogens with zero attached hydrogens (tertiary/aromatic N) is 2. The van der Waals surface area contributed by atoms with Crippen molar-refractivity contribution in [1.29, 1.82) is 0 Å². The number of hydrogen-bond donors (Lipinski definition) is 1. The average molecular weight is 407 g/mol. The summed E-state index contributed by atoms with van der Waals surface area (Å²) in [4.78, 5) is 12.8. The van der Waals surface area contributed by atoms with Crippen molar-refractivity contribution in [3.63, 3.8) is 0 Å². The summed E-state index contributed by atoms with van der Waals surface area (Å²) in [7, 11) is 0. The van der Waals surface area contributed by atoms with Gasteiger partial charge in [0.2, 0.25) is 0 Å². The van der Waals surface area contributed by atoms with E-state index in [-0.39, 0.29) is 21.3 Å². The number of halogens is 2. The quantitative estimate of drug-likeness (QED) is 0.472. The molecule has 1 aromatic rings. The number of benzene rings is 1. The third-order valence-electron chi connectivity index (χ3n) is 4.05. The summed E-state index contributed by atoms with van der Waals surface area (Å²) in [6.45, 7) is 2.55. The highest BCUT2D eigenvalue weighted by Crippen LogP contribution is 2.35. The van der Waals surface area contributed by atoms with Crippen molar-refractivity contribution in [2.24, 2.45) is 5.73 Å². The van der Waals surface area contributed by atoms with E-state index in [0.29, 0.717) is 12.2 Å². The number of anilines is 1. The largest absolute Gasteiger partial charge is 0.363 e. The van der Waals surface area contributed by atoms with E-state index in [0.717, 1.165) is 25.7 Å². The molecule has 1 aromatic carbocycles.